The number of alkyl halides is 3. The monoisotopic (exact) mass is 586 g/mol. The second-order valence-electron chi connectivity index (χ2n) is 9.27. The molecule has 4 aromatic rings. The minimum Gasteiger partial charge on any atom is -0.431 e. The normalized spacial score (nSPS) is 13.9. The van der Waals surface area contributed by atoms with Gasteiger partial charge in [-0.1, -0.05) is 24.3 Å². The van der Waals surface area contributed by atoms with Crippen LogP contribution >= 0.6 is 0 Å². The minimum absolute atomic E-state index is 0.129. The Kier molecular flexibility index (Phi) is 8.04. The van der Waals surface area contributed by atoms with Crippen LogP contribution in [0.1, 0.15) is 22.7 Å². The van der Waals surface area contributed by atoms with E-state index in [1.165, 1.54) is 35.4 Å². The van der Waals surface area contributed by atoms with Gasteiger partial charge in [-0.2, -0.15) is 13.2 Å². The van der Waals surface area contributed by atoms with E-state index in [1.54, 1.807) is 24.3 Å². The zero-order valence-corrected chi connectivity index (χ0v) is 21.8. The third-order valence-corrected chi connectivity index (χ3v) is 6.43. The number of rotatable bonds is 5. The Hall–Kier alpha value is -5.01. The quantitative estimate of drug-likeness (QED) is 0.277. The van der Waals surface area contributed by atoms with E-state index in [-0.39, 0.29) is 23.7 Å². The molecule has 0 bridgehead atoms. The molecule has 0 spiro atoms. The van der Waals surface area contributed by atoms with Crippen molar-refractivity contribution >= 4 is 29.1 Å². The Bertz CT molecular complexity index is 1560. The molecule has 218 valence electrons. The number of hydrogen-bond donors (Lipinski definition) is 2. The first-order valence-electron chi connectivity index (χ1n) is 12.8. The van der Waals surface area contributed by atoms with Gasteiger partial charge in [0.15, 0.2) is 5.69 Å². The number of carbonyl (C=O) groups excluding carboxylic acids is 2. The number of amides is 3. The van der Waals surface area contributed by atoms with Crippen molar-refractivity contribution in [1.82, 2.24) is 14.9 Å². The van der Waals surface area contributed by atoms with Crippen LogP contribution in [0, 0.1) is 11.6 Å². The highest BCUT2D eigenvalue weighted by Crippen LogP contribution is 2.35. The number of nitrogens with zero attached hydrogens (tertiary/aromatic N) is 4. The zero-order chi connectivity index (χ0) is 29.9. The molecule has 9 nitrogen and oxygen atoms in total. The lowest BCUT2D eigenvalue weighted by atomic mass is 10.2. The number of oxazole rings is 1. The third kappa shape index (κ3) is 6.32. The Morgan fingerprint density at radius 2 is 1.60 bits per heavy atom. The lowest BCUT2D eigenvalue weighted by Gasteiger charge is -2.23. The molecule has 0 aliphatic carbocycles. The van der Waals surface area contributed by atoms with E-state index in [9.17, 15) is 31.5 Å². The van der Waals surface area contributed by atoms with Crippen molar-refractivity contribution in [1.29, 1.82) is 0 Å². The van der Waals surface area contributed by atoms with Gasteiger partial charge in [0.05, 0.1) is 11.9 Å². The minimum atomic E-state index is -4.95. The topological polar surface area (TPSA) is 104 Å². The molecule has 14 heteroatoms. The summed E-state index contributed by atoms with van der Waals surface area (Å²) in [6, 6.07) is 13.6. The summed E-state index contributed by atoms with van der Waals surface area (Å²) in [5.74, 6) is -4.24. The van der Waals surface area contributed by atoms with E-state index < -0.39 is 46.9 Å². The van der Waals surface area contributed by atoms with Crippen LogP contribution in [-0.4, -0.2) is 53.0 Å². The van der Waals surface area contributed by atoms with Crippen LogP contribution in [0.25, 0.3) is 11.5 Å². The molecule has 2 N–H and O–H groups in total. The maximum absolute atomic E-state index is 13.9. The van der Waals surface area contributed by atoms with Crippen molar-refractivity contribution in [3.8, 4) is 11.5 Å². The SMILES string of the molecule is O=C(Nc1ccc(N2CCCN(C(=O)Nc3c(F)cccc3F)CC2)nc1)c1nc(-c2ccccc2)oc1C(F)(F)F. The summed E-state index contributed by atoms with van der Waals surface area (Å²) in [7, 11) is 0. The van der Waals surface area contributed by atoms with Crippen LogP contribution < -0.4 is 15.5 Å². The van der Waals surface area contributed by atoms with Crippen LogP contribution in [0.3, 0.4) is 0 Å². The van der Waals surface area contributed by atoms with E-state index in [1.807, 2.05) is 4.90 Å². The molecule has 5 rings (SSSR count). The number of aromatic nitrogens is 2. The van der Waals surface area contributed by atoms with Crippen molar-refractivity contribution in [2.24, 2.45) is 0 Å². The van der Waals surface area contributed by atoms with Gasteiger partial charge < -0.3 is 24.9 Å². The number of para-hydroxylation sites is 1. The van der Waals surface area contributed by atoms with Crippen LogP contribution in [0.15, 0.2) is 71.3 Å². The molecule has 0 saturated carbocycles. The van der Waals surface area contributed by atoms with Crippen molar-refractivity contribution in [3.05, 3.63) is 89.9 Å². The van der Waals surface area contributed by atoms with Gasteiger partial charge in [0.25, 0.3) is 5.91 Å². The van der Waals surface area contributed by atoms with Crippen molar-refractivity contribution < 1.29 is 36.0 Å². The lowest BCUT2D eigenvalue weighted by Crippen LogP contribution is -2.38. The Labute approximate surface area is 236 Å². The molecule has 2 aromatic carbocycles. The van der Waals surface area contributed by atoms with Crippen LogP contribution in [0.4, 0.5) is 43.9 Å². The highest BCUT2D eigenvalue weighted by molar-refractivity contribution is 6.04. The highest BCUT2D eigenvalue weighted by atomic mass is 19.4. The number of carbonyl (C=O) groups is 2. The highest BCUT2D eigenvalue weighted by Gasteiger charge is 2.42. The maximum atomic E-state index is 13.9. The summed E-state index contributed by atoms with van der Waals surface area (Å²) in [5, 5.41) is 4.64. The van der Waals surface area contributed by atoms with Crippen LogP contribution in [0.5, 0.6) is 0 Å². The summed E-state index contributed by atoms with van der Waals surface area (Å²) >= 11 is 0. The first kappa shape index (κ1) is 28.5. The van der Waals surface area contributed by atoms with E-state index >= 15 is 0 Å². The van der Waals surface area contributed by atoms with Gasteiger partial charge in [-0.25, -0.2) is 23.5 Å². The zero-order valence-electron chi connectivity index (χ0n) is 21.8. The molecular formula is C28H23F5N6O3. The summed E-state index contributed by atoms with van der Waals surface area (Å²) in [6.45, 7) is 1.42. The average molecular weight is 587 g/mol. The van der Waals surface area contributed by atoms with Crippen molar-refractivity contribution in [3.63, 3.8) is 0 Å². The van der Waals surface area contributed by atoms with Crippen LogP contribution in [0.2, 0.25) is 0 Å². The number of anilines is 3. The molecule has 42 heavy (non-hydrogen) atoms. The summed E-state index contributed by atoms with van der Waals surface area (Å²) < 4.78 is 73.5. The Morgan fingerprint density at radius 1 is 0.857 bits per heavy atom. The molecule has 1 aliphatic heterocycles. The molecule has 0 radical (unpaired) electrons. The number of urea groups is 1. The van der Waals surface area contributed by atoms with E-state index in [0.29, 0.717) is 31.9 Å². The number of benzene rings is 2. The summed E-state index contributed by atoms with van der Waals surface area (Å²) in [6.07, 6.45) is -3.13. The lowest BCUT2D eigenvalue weighted by molar-refractivity contribution is -0.153. The average Bonchev–Trinajstić information content (AvgIpc) is 3.29. The first-order valence-corrected chi connectivity index (χ1v) is 12.8. The van der Waals surface area contributed by atoms with Crippen molar-refractivity contribution in [2.45, 2.75) is 12.6 Å². The fraction of sp³-hybridized carbons (Fsp3) is 0.214. The first-order chi connectivity index (χ1) is 20.1. The van der Waals surface area contributed by atoms with Crippen LogP contribution in [-0.2, 0) is 6.18 Å². The van der Waals surface area contributed by atoms with Gasteiger partial charge >= 0.3 is 12.2 Å². The second-order valence-corrected chi connectivity index (χ2v) is 9.27. The predicted molar refractivity (Wildman–Crippen MR) is 143 cm³/mol. The van der Waals surface area contributed by atoms with E-state index in [2.05, 4.69) is 20.6 Å². The maximum Gasteiger partial charge on any atom is 0.452 e. The predicted octanol–water partition coefficient (Wildman–Crippen LogP) is 6.03. The van der Waals surface area contributed by atoms with Gasteiger partial charge in [-0.3, -0.25) is 4.79 Å². The molecule has 1 fully saturated rings. The fourth-order valence-corrected chi connectivity index (χ4v) is 4.36. The molecule has 1 aliphatic rings. The molecule has 2 aromatic heterocycles. The smallest absolute Gasteiger partial charge is 0.431 e. The number of nitrogens with one attached hydrogen (secondary N) is 2. The summed E-state index contributed by atoms with van der Waals surface area (Å²) in [5.41, 5.74) is -1.02. The molecule has 1 saturated heterocycles. The number of halogens is 5. The van der Waals surface area contributed by atoms with E-state index in [0.717, 1.165) is 12.1 Å². The van der Waals surface area contributed by atoms with Gasteiger partial charge in [0, 0.05) is 31.7 Å². The van der Waals surface area contributed by atoms with Gasteiger partial charge in [0.1, 0.15) is 23.1 Å². The second kappa shape index (κ2) is 11.8. The fourth-order valence-electron chi connectivity index (χ4n) is 4.36. The Morgan fingerprint density at radius 3 is 2.26 bits per heavy atom. The van der Waals surface area contributed by atoms with Gasteiger partial charge in [0.2, 0.25) is 11.7 Å². The standard InChI is InChI=1S/C28H23F5N6O3/c29-19-8-4-9-20(30)22(19)37-27(41)39-13-5-12-38(14-15-39)21-11-10-18(16-34-21)35-25(40)23-24(28(31,32)33)42-26(36-23)17-6-2-1-3-7-17/h1-4,6-11,16H,5,12-15H2,(H,35,40)(H,37,41). The number of pyridine rings is 1. The third-order valence-electron chi connectivity index (χ3n) is 6.43. The Balaban J connectivity index is 1.23. The van der Waals surface area contributed by atoms with Gasteiger partial charge in [-0.05, 0) is 42.8 Å². The largest absolute Gasteiger partial charge is 0.452 e. The molecule has 0 atom stereocenters. The number of hydrogen-bond acceptors (Lipinski definition) is 6. The molecule has 3 amide bonds. The van der Waals surface area contributed by atoms with E-state index in [4.69, 9.17) is 4.42 Å². The molecule has 3 heterocycles. The molecular weight excluding hydrogens is 563 g/mol. The molecule has 0 unspecified atom stereocenters. The van der Waals surface area contributed by atoms with Gasteiger partial charge in [-0.15, -0.1) is 0 Å². The summed E-state index contributed by atoms with van der Waals surface area (Å²) in [4.78, 5) is 36.8. The van der Waals surface area contributed by atoms with Crippen molar-refractivity contribution in [2.75, 3.05) is 41.7 Å².